The lowest BCUT2D eigenvalue weighted by molar-refractivity contribution is 1.29. The number of aromatic nitrogens is 3. The molecule has 0 radical (unpaired) electrons. The molecule has 196 valence electrons. The molecule has 7 aromatic carbocycles. The van der Waals surface area contributed by atoms with Crippen LogP contribution in [0, 0.1) is 0 Å². The van der Waals surface area contributed by atoms with Gasteiger partial charge in [-0.3, -0.25) is 0 Å². The van der Waals surface area contributed by atoms with Crippen LogP contribution in [0.4, 0.5) is 17.1 Å². The maximum Gasteiger partial charge on any atom is 0.0994 e. The lowest BCUT2D eigenvalue weighted by atomic mass is 9.98. The molecule has 2 heterocycles. The number of fused-ring (bicyclic) bond motifs is 11. The third kappa shape index (κ3) is 3.36. The first-order chi connectivity index (χ1) is 20.8. The van der Waals surface area contributed by atoms with Crippen LogP contribution >= 0.6 is 0 Å². The number of aromatic amines is 1. The molecule has 9 aromatic rings. The highest BCUT2D eigenvalue weighted by molar-refractivity contribution is 6.26. The van der Waals surface area contributed by atoms with Crippen molar-refractivity contribution in [3.8, 4) is 0 Å². The van der Waals surface area contributed by atoms with E-state index in [1.54, 1.807) is 0 Å². The van der Waals surface area contributed by atoms with Crippen molar-refractivity contribution in [3.63, 3.8) is 0 Å². The Hall–Kier alpha value is -5.74. The lowest BCUT2D eigenvalue weighted by Gasteiger charge is -2.26. The Morgan fingerprint density at radius 3 is 1.79 bits per heavy atom. The minimum Gasteiger partial charge on any atom is -0.354 e. The summed E-state index contributed by atoms with van der Waals surface area (Å²) in [5.74, 6) is 0. The van der Waals surface area contributed by atoms with Gasteiger partial charge in [0.25, 0.3) is 0 Å². The zero-order valence-electron chi connectivity index (χ0n) is 22.6. The fourth-order valence-electron chi connectivity index (χ4n) is 6.46. The molecule has 0 unspecified atom stereocenters. The standard InChI is InChI=1S/C38H24N4/c1-3-11-24(12-4-1)42(25-13-5-2-6-14-25)26-19-20-29-31(23-26)27-15-7-8-16-28(27)36-37(29)41-38-34(40-36)22-21-33-35(38)30-17-9-10-18-32(30)39-33/h1-23,39H. The molecule has 0 spiro atoms. The molecule has 4 nitrogen and oxygen atoms in total. The molecule has 0 saturated carbocycles. The number of hydrogen-bond acceptors (Lipinski definition) is 3. The normalized spacial score (nSPS) is 11.8. The quantitative estimate of drug-likeness (QED) is 0.180. The SMILES string of the molecule is c1ccc(N(c2ccccc2)c2ccc3c(c2)c2ccccc2c2nc4ccc5[nH]c6ccccc6c5c4nc32)cc1. The predicted octanol–water partition coefficient (Wildman–Crippen LogP) is 10.2. The number of rotatable bonds is 3. The van der Waals surface area contributed by atoms with Gasteiger partial charge in [-0.05, 0) is 65.4 Å². The second-order valence-electron chi connectivity index (χ2n) is 10.7. The minimum absolute atomic E-state index is 0.903. The number of benzene rings is 7. The first-order valence-corrected chi connectivity index (χ1v) is 14.2. The first kappa shape index (κ1) is 23.0. The van der Waals surface area contributed by atoms with Gasteiger partial charge in [-0.2, -0.15) is 0 Å². The van der Waals surface area contributed by atoms with E-state index in [0.717, 1.165) is 71.7 Å². The van der Waals surface area contributed by atoms with Crippen LogP contribution in [0.3, 0.4) is 0 Å². The average molecular weight is 537 g/mol. The zero-order valence-corrected chi connectivity index (χ0v) is 22.6. The fraction of sp³-hybridized carbons (Fsp3) is 0. The summed E-state index contributed by atoms with van der Waals surface area (Å²) in [7, 11) is 0. The molecule has 42 heavy (non-hydrogen) atoms. The van der Waals surface area contributed by atoms with Crippen LogP contribution in [-0.4, -0.2) is 15.0 Å². The van der Waals surface area contributed by atoms with E-state index in [0.29, 0.717) is 0 Å². The molecule has 1 N–H and O–H groups in total. The van der Waals surface area contributed by atoms with E-state index < -0.39 is 0 Å². The van der Waals surface area contributed by atoms with Gasteiger partial charge in [0, 0.05) is 49.6 Å². The number of H-pyrrole nitrogens is 1. The van der Waals surface area contributed by atoms with Crippen molar-refractivity contribution in [1.82, 2.24) is 15.0 Å². The van der Waals surface area contributed by atoms with Crippen LogP contribution < -0.4 is 4.90 Å². The molecule has 0 atom stereocenters. The Labute approximate surface area is 241 Å². The Kier molecular flexibility index (Phi) is 4.87. The number of nitrogens with one attached hydrogen (secondary N) is 1. The molecule has 2 aromatic heterocycles. The Balaban J connectivity index is 1.39. The topological polar surface area (TPSA) is 44.8 Å². The van der Waals surface area contributed by atoms with E-state index in [9.17, 15) is 0 Å². The van der Waals surface area contributed by atoms with E-state index in [-0.39, 0.29) is 0 Å². The molecule has 0 aliphatic carbocycles. The monoisotopic (exact) mass is 536 g/mol. The van der Waals surface area contributed by atoms with Gasteiger partial charge < -0.3 is 9.88 Å². The van der Waals surface area contributed by atoms with Gasteiger partial charge in [0.1, 0.15) is 0 Å². The summed E-state index contributed by atoms with van der Waals surface area (Å²) in [6.45, 7) is 0. The van der Waals surface area contributed by atoms with E-state index in [1.165, 1.54) is 10.8 Å². The molecule has 0 saturated heterocycles. The third-order valence-electron chi connectivity index (χ3n) is 8.32. The molecule has 0 bridgehead atoms. The summed E-state index contributed by atoms with van der Waals surface area (Å²) in [5, 5.41) is 6.82. The second-order valence-corrected chi connectivity index (χ2v) is 10.7. The average Bonchev–Trinajstić information content (AvgIpc) is 3.45. The van der Waals surface area contributed by atoms with Crippen LogP contribution in [0.15, 0.2) is 140 Å². The molecule has 0 aliphatic heterocycles. The van der Waals surface area contributed by atoms with E-state index >= 15 is 0 Å². The molecule has 9 rings (SSSR count). The smallest absolute Gasteiger partial charge is 0.0994 e. The Morgan fingerprint density at radius 1 is 0.405 bits per heavy atom. The third-order valence-corrected chi connectivity index (χ3v) is 8.32. The first-order valence-electron chi connectivity index (χ1n) is 14.2. The summed E-state index contributed by atoms with van der Waals surface area (Å²) in [6, 6.07) is 49.0. The van der Waals surface area contributed by atoms with Crippen LogP contribution in [0.25, 0.3) is 65.4 Å². The van der Waals surface area contributed by atoms with Crippen molar-refractivity contribution in [2.75, 3.05) is 4.90 Å². The second kappa shape index (κ2) is 8.88. The Morgan fingerprint density at radius 2 is 1.02 bits per heavy atom. The van der Waals surface area contributed by atoms with Gasteiger partial charge in [0.15, 0.2) is 0 Å². The van der Waals surface area contributed by atoms with E-state index in [4.69, 9.17) is 9.97 Å². The predicted molar refractivity (Wildman–Crippen MR) is 176 cm³/mol. The van der Waals surface area contributed by atoms with E-state index in [2.05, 4.69) is 149 Å². The van der Waals surface area contributed by atoms with Crippen molar-refractivity contribution in [2.45, 2.75) is 0 Å². The van der Waals surface area contributed by atoms with Crippen molar-refractivity contribution < 1.29 is 0 Å². The molecule has 0 fully saturated rings. The summed E-state index contributed by atoms with van der Waals surface area (Å²) in [5.41, 5.74) is 9.18. The van der Waals surface area contributed by atoms with E-state index in [1.807, 2.05) is 0 Å². The molecule has 4 heteroatoms. The van der Waals surface area contributed by atoms with Crippen LogP contribution in [0.2, 0.25) is 0 Å². The van der Waals surface area contributed by atoms with Gasteiger partial charge in [-0.15, -0.1) is 0 Å². The van der Waals surface area contributed by atoms with Crippen molar-refractivity contribution in [3.05, 3.63) is 140 Å². The summed E-state index contributed by atoms with van der Waals surface area (Å²) < 4.78 is 0. The van der Waals surface area contributed by atoms with Gasteiger partial charge in [-0.25, -0.2) is 9.97 Å². The lowest BCUT2D eigenvalue weighted by Crippen LogP contribution is -2.09. The molecular weight excluding hydrogens is 512 g/mol. The highest BCUT2D eigenvalue weighted by atomic mass is 15.1. The van der Waals surface area contributed by atoms with Crippen molar-refractivity contribution in [1.29, 1.82) is 0 Å². The maximum atomic E-state index is 5.40. The Bertz CT molecular complexity index is 2420. The van der Waals surface area contributed by atoms with Crippen LogP contribution in [-0.2, 0) is 0 Å². The molecule has 0 aliphatic rings. The molecular formula is C38H24N4. The highest BCUT2D eigenvalue weighted by Crippen LogP contribution is 2.41. The van der Waals surface area contributed by atoms with Gasteiger partial charge >= 0.3 is 0 Å². The number of anilines is 3. The van der Waals surface area contributed by atoms with Gasteiger partial charge in [-0.1, -0.05) is 84.9 Å². The van der Waals surface area contributed by atoms with Crippen LogP contribution in [0.5, 0.6) is 0 Å². The highest BCUT2D eigenvalue weighted by Gasteiger charge is 2.18. The van der Waals surface area contributed by atoms with Gasteiger partial charge in [0.2, 0.25) is 0 Å². The van der Waals surface area contributed by atoms with Crippen molar-refractivity contribution >= 4 is 82.5 Å². The fourth-order valence-corrected chi connectivity index (χ4v) is 6.46. The summed E-state index contributed by atoms with van der Waals surface area (Å²) in [4.78, 5) is 16.5. The zero-order chi connectivity index (χ0) is 27.6. The maximum absolute atomic E-state index is 5.40. The number of para-hydroxylation sites is 3. The largest absolute Gasteiger partial charge is 0.354 e. The minimum atomic E-state index is 0.903. The van der Waals surface area contributed by atoms with Crippen LogP contribution in [0.1, 0.15) is 0 Å². The summed E-state index contributed by atoms with van der Waals surface area (Å²) in [6.07, 6.45) is 0. The van der Waals surface area contributed by atoms with Gasteiger partial charge in [0.05, 0.1) is 22.1 Å². The van der Waals surface area contributed by atoms with Crippen molar-refractivity contribution in [2.24, 2.45) is 0 Å². The molecule has 0 amide bonds. The summed E-state index contributed by atoms with van der Waals surface area (Å²) >= 11 is 0. The number of hydrogen-bond donors (Lipinski definition) is 1. The number of nitrogens with zero attached hydrogens (tertiary/aromatic N) is 3.